The third-order valence-electron chi connectivity index (χ3n) is 5.20. The Kier molecular flexibility index (Phi) is 5.47. The van der Waals surface area contributed by atoms with Gasteiger partial charge in [-0.15, -0.1) is 5.10 Å². The number of nitrogens with one attached hydrogen (secondary N) is 1. The van der Waals surface area contributed by atoms with E-state index in [-0.39, 0.29) is 23.7 Å². The van der Waals surface area contributed by atoms with Gasteiger partial charge in [-0.05, 0) is 29.8 Å². The van der Waals surface area contributed by atoms with Crippen molar-refractivity contribution >= 4 is 16.8 Å². The SMILES string of the molecule is O=C(c1cnn(-c2ccccc2)n1)N(Cc1ccccc1)Cc1nc2ccccc2c(=O)[nH]1. The van der Waals surface area contributed by atoms with Gasteiger partial charge in [0.05, 0.1) is 29.3 Å². The molecule has 3 aromatic carbocycles. The van der Waals surface area contributed by atoms with Crippen molar-refractivity contribution in [1.29, 1.82) is 0 Å². The van der Waals surface area contributed by atoms with Crippen LogP contribution in [0.2, 0.25) is 0 Å². The molecule has 1 amide bonds. The fraction of sp³-hybridized carbons (Fsp3) is 0.0800. The molecule has 0 saturated heterocycles. The number of H-pyrrole nitrogens is 1. The van der Waals surface area contributed by atoms with Gasteiger partial charge in [-0.3, -0.25) is 9.59 Å². The van der Waals surface area contributed by atoms with Gasteiger partial charge in [0.25, 0.3) is 11.5 Å². The lowest BCUT2D eigenvalue weighted by atomic mass is 10.2. The highest BCUT2D eigenvalue weighted by atomic mass is 16.2. The molecule has 0 fully saturated rings. The summed E-state index contributed by atoms with van der Waals surface area (Å²) < 4.78 is 0. The smallest absolute Gasteiger partial charge is 0.276 e. The highest BCUT2D eigenvalue weighted by molar-refractivity contribution is 5.92. The van der Waals surface area contributed by atoms with Crippen LogP contribution in [0.3, 0.4) is 0 Å². The standard InChI is InChI=1S/C25H20N6O2/c32-24-20-13-7-8-14-21(20)27-23(28-24)17-30(16-18-9-3-1-4-10-18)25(33)22-15-26-31(29-22)19-11-5-2-6-12-19/h1-15H,16-17H2,(H,27,28,32). The molecule has 2 heterocycles. The number of hydrogen-bond acceptors (Lipinski definition) is 5. The fourth-order valence-corrected chi connectivity index (χ4v) is 3.60. The van der Waals surface area contributed by atoms with Crippen LogP contribution in [0.15, 0.2) is 95.9 Å². The van der Waals surface area contributed by atoms with Gasteiger partial charge in [-0.2, -0.15) is 9.90 Å². The number of hydrogen-bond donors (Lipinski definition) is 1. The van der Waals surface area contributed by atoms with Crippen molar-refractivity contribution < 1.29 is 4.79 Å². The van der Waals surface area contributed by atoms with Crippen LogP contribution in [0.1, 0.15) is 21.9 Å². The molecule has 8 nitrogen and oxygen atoms in total. The minimum Gasteiger partial charge on any atom is -0.325 e. The molecular formula is C25H20N6O2. The van der Waals surface area contributed by atoms with Crippen LogP contribution in [0.5, 0.6) is 0 Å². The molecule has 0 aliphatic heterocycles. The highest BCUT2D eigenvalue weighted by Gasteiger charge is 2.21. The van der Waals surface area contributed by atoms with Crippen molar-refractivity contribution in [3.63, 3.8) is 0 Å². The van der Waals surface area contributed by atoms with E-state index in [1.807, 2.05) is 66.7 Å². The van der Waals surface area contributed by atoms with Gasteiger partial charge in [0.1, 0.15) is 5.82 Å². The first kappa shape index (κ1) is 20.3. The van der Waals surface area contributed by atoms with E-state index in [4.69, 9.17) is 0 Å². The number of rotatable bonds is 6. The van der Waals surface area contributed by atoms with E-state index in [9.17, 15) is 9.59 Å². The van der Waals surface area contributed by atoms with E-state index in [1.54, 1.807) is 23.1 Å². The zero-order valence-corrected chi connectivity index (χ0v) is 17.6. The summed E-state index contributed by atoms with van der Waals surface area (Å²) in [6.07, 6.45) is 1.45. The Hall–Kier alpha value is -4.59. The van der Waals surface area contributed by atoms with Gasteiger partial charge in [-0.1, -0.05) is 60.7 Å². The predicted molar refractivity (Wildman–Crippen MR) is 124 cm³/mol. The van der Waals surface area contributed by atoms with Gasteiger partial charge in [0, 0.05) is 6.54 Å². The van der Waals surface area contributed by atoms with Crippen LogP contribution < -0.4 is 5.56 Å². The molecule has 0 atom stereocenters. The molecule has 0 aliphatic rings. The van der Waals surface area contributed by atoms with Gasteiger partial charge in [-0.25, -0.2) is 4.98 Å². The third-order valence-corrected chi connectivity index (χ3v) is 5.20. The largest absolute Gasteiger partial charge is 0.325 e. The topological polar surface area (TPSA) is 96.8 Å². The summed E-state index contributed by atoms with van der Waals surface area (Å²) >= 11 is 0. The van der Waals surface area contributed by atoms with Crippen LogP contribution in [-0.4, -0.2) is 35.8 Å². The minimum absolute atomic E-state index is 0.117. The number of aromatic nitrogens is 5. The van der Waals surface area contributed by atoms with Crippen LogP contribution in [0, 0.1) is 0 Å². The molecule has 8 heteroatoms. The second-order valence-corrected chi connectivity index (χ2v) is 7.53. The minimum atomic E-state index is -0.308. The van der Waals surface area contributed by atoms with Crippen molar-refractivity contribution in [3.05, 3.63) is 119 Å². The Bertz CT molecular complexity index is 1460. The summed E-state index contributed by atoms with van der Waals surface area (Å²) in [4.78, 5) is 36.3. The van der Waals surface area contributed by atoms with Crippen molar-refractivity contribution in [2.45, 2.75) is 13.1 Å². The number of para-hydroxylation sites is 2. The molecule has 5 aromatic rings. The number of aromatic amines is 1. The molecule has 0 radical (unpaired) electrons. The molecule has 1 N–H and O–H groups in total. The number of carbonyl (C=O) groups is 1. The Morgan fingerprint density at radius 2 is 1.58 bits per heavy atom. The number of nitrogens with zero attached hydrogens (tertiary/aromatic N) is 5. The molecule has 0 spiro atoms. The number of amides is 1. The van der Waals surface area contributed by atoms with Crippen LogP contribution in [0.25, 0.3) is 16.6 Å². The first-order valence-corrected chi connectivity index (χ1v) is 10.5. The highest BCUT2D eigenvalue weighted by Crippen LogP contribution is 2.14. The third kappa shape index (κ3) is 4.40. The second-order valence-electron chi connectivity index (χ2n) is 7.53. The number of benzene rings is 3. The maximum Gasteiger partial charge on any atom is 0.276 e. The zero-order chi connectivity index (χ0) is 22.6. The van der Waals surface area contributed by atoms with Crippen molar-refractivity contribution in [1.82, 2.24) is 29.9 Å². The molecule has 162 valence electrons. The van der Waals surface area contributed by atoms with Gasteiger partial charge in [0.15, 0.2) is 5.69 Å². The molecule has 0 saturated carbocycles. The lowest BCUT2D eigenvalue weighted by molar-refractivity contribution is 0.0719. The summed E-state index contributed by atoms with van der Waals surface area (Å²) in [6, 6.07) is 26.1. The summed E-state index contributed by atoms with van der Waals surface area (Å²) in [7, 11) is 0. The zero-order valence-electron chi connectivity index (χ0n) is 17.6. The summed E-state index contributed by atoms with van der Waals surface area (Å²) in [6.45, 7) is 0.445. The second kappa shape index (κ2) is 8.88. The average Bonchev–Trinajstić information content (AvgIpc) is 3.35. The molecular weight excluding hydrogens is 416 g/mol. The van der Waals surface area contributed by atoms with Crippen molar-refractivity contribution in [2.75, 3.05) is 0 Å². The monoisotopic (exact) mass is 436 g/mol. The Morgan fingerprint density at radius 1 is 0.879 bits per heavy atom. The fourth-order valence-electron chi connectivity index (χ4n) is 3.60. The molecule has 0 aliphatic carbocycles. The van der Waals surface area contributed by atoms with E-state index in [0.717, 1.165) is 11.3 Å². The lowest BCUT2D eigenvalue weighted by Crippen LogP contribution is -2.32. The molecule has 0 bridgehead atoms. The van der Waals surface area contributed by atoms with Crippen LogP contribution in [-0.2, 0) is 13.1 Å². The Balaban J connectivity index is 1.48. The van der Waals surface area contributed by atoms with Crippen molar-refractivity contribution in [2.24, 2.45) is 0 Å². The average molecular weight is 436 g/mol. The van der Waals surface area contributed by atoms with E-state index < -0.39 is 0 Å². The number of carbonyl (C=O) groups excluding carboxylic acids is 1. The van der Waals surface area contributed by atoms with Gasteiger partial charge in [0.2, 0.25) is 0 Å². The molecule has 33 heavy (non-hydrogen) atoms. The van der Waals surface area contributed by atoms with Crippen LogP contribution >= 0.6 is 0 Å². The molecule has 2 aromatic heterocycles. The van der Waals surface area contributed by atoms with Crippen LogP contribution in [0.4, 0.5) is 0 Å². The summed E-state index contributed by atoms with van der Waals surface area (Å²) in [5.41, 5.74) is 2.25. The van der Waals surface area contributed by atoms with E-state index in [2.05, 4.69) is 20.2 Å². The lowest BCUT2D eigenvalue weighted by Gasteiger charge is -2.21. The first-order valence-electron chi connectivity index (χ1n) is 10.5. The van der Waals surface area contributed by atoms with Gasteiger partial charge >= 0.3 is 0 Å². The molecule has 0 unspecified atom stereocenters. The maximum absolute atomic E-state index is 13.4. The summed E-state index contributed by atoms with van der Waals surface area (Å²) in [5.74, 6) is 0.0928. The van der Waals surface area contributed by atoms with E-state index >= 15 is 0 Å². The van der Waals surface area contributed by atoms with Gasteiger partial charge < -0.3 is 9.88 Å². The number of fused-ring (bicyclic) bond motifs is 1. The quantitative estimate of drug-likeness (QED) is 0.440. The summed E-state index contributed by atoms with van der Waals surface area (Å²) in [5, 5.41) is 9.13. The normalized spacial score (nSPS) is 10.9. The van der Waals surface area contributed by atoms with E-state index in [1.165, 1.54) is 11.0 Å². The van der Waals surface area contributed by atoms with E-state index in [0.29, 0.717) is 23.3 Å². The maximum atomic E-state index is 13.4. The first-order chi connectivity index (χ1) is 16.2. The Labute approximate surface area is 189 Å². The Morgan fingerprint density at radius 3 is 2.36 bits per heavy atom. The predicted octanol–water partition coefficient (Wildman–Crippen LogP) is 3.35. The molecule has 5 rings (SSSR count). The van der Waals surface area contributed by atoms with Crippen molar-refractivity contribution in [3.8, 4) is 5.69 Å².